The molecule has 0 saturated heterocycles. The Bertz CT molecular complexity index is 3370. The third-order valence-corrected chi connectivity index (χ3v) is 11.9. The van der Waals surface area contributed by atoms with Crippen molar-refractivity contribution < 1.29 is 9.90 Å². The quantitative estimate of drug-likeness (QED) is 0.104. The van der Waals surface area contributed by atoms with E-state index in [0.29, 0.717) is 4.88 Å². The molecule has 0 unspecified atom stereocenters. The number of aromatic nitrogens is 4. The molecular formula is C54H35N5O2S. The molecule has 4 aromatic heterocycles. The highest BCUT2D eigenvalue weighted by Gasteiger charge is 2.20. The molecule has 7 nitrogen and oxygen atoms in total. The summed E-state index contributed by atoms with van der Waals surface area (Å²) in [5, 5.41) is 18.8. The van der Waals surface area contributed by atoms with Gasteiger partial charge in [-0.2, -0.15) is 5.26 Å². The number of fused-ring (bicyclic) bond motifs is 8. The van der Waals surface area contributed by atoms with Gasteiger partial charge in [0.1, 0.15) is 11.6 Å². The maximum absolute atomic E-state index is 11.6. The number of thiophene rings is 1. The van der Waals surface area contributed by atoms with Crippen molar-refractivity contribution in [3.63, 3.8) is 0 Å². The monoisotopic (exact) mass is 817 g/mol. The number of carbonyl (C=O) groups is 1. The fourth-order valence-corrected chi connectivity index (χ4v) is 8.92. The summed E-state index contributed by atoms with van der Waals surface area (Å²) in [6, 6.07) is 53.3. The topological polar surface area (TPSA) is 118 Å². The summed E-state index contributed by atoms with van der Waals surface area (Å²) in [6.45, 7) is 0. The van der Waals surface area contributed by atoms with Crippen molar-refractivity contribution in [2.24, 2.45) is 0 Å². The predicted molar refractivity (Wildman–Crippen MR) is 255 cm³/mol. The summed E-state index contributed by atoms with van der Waals surface area (Å²) < 4.78 is 0. The molecule has 0 radical (unpaired) electrons. The minimum absolute atomic E-state index is 0.315. The second-order valence-corrected chi connectivity index (χ2v) is 15.9. The highest BCUT2D eigenvalue weighted by molar-refractivity contribution is 7.13. The Morgan fingerprint density at radius 2 is 0.968 bits per heavy atom. The first-order valence-corrected chi connectivity index (χ1v) is 20.9. The number of nitrogens with one attached hydrogen (secondary N) is 2. The van der Waals surface area contributed by atoms with E-state index in [1.54, 1.807) is 6.07 Å². The number of aromatic amines is 2. The molecule has 4 aromatic carbocycles. The van der Waals surface area contributed by atoms with E-state index in [-0.39, 0.29) is 5.57 Å². The number of benzene rings is 4. The van der Waals surface area contributed by atoms with Gasteiger partial charge in [0.2, 0.25) is 0 Å². The molecule has 62 heavy (non-hydrogen) atoms. The first-order chi connectivity index (χ1) is 30.5. The number of nitriles is 1. The minimum Gasteiger partial charge on any atom is -0.477 e. The van der Waals surface area contributed by atoms with Crippen molar-refractivity contribution in [3.8, 4) is 50.6 Å². The van der Waals surface area contributed by atoms with Crippen molar-refractivity contribution in [3.05, 3.63) is 195 Å². The number of carboxylic acids is 1. The molecule has 2 aliphatic rings. The molecule has 8 bridgehead atoms. The Kier molecular flexibility index (Phi) is 9.98. The summed E-state index contributed by atoms with van der Waals surface area (Å²) in [4.78, 5) is 31.8. The fourth-order valence-electron chi connectivity index (χ4n) is 8.07. The lowest BCUT2D eigenvalue weighted by Gasteiger charge is -2.07. The van der Waals surface area contributed by atoms with Gasteiger partial charge in [0, 0.05) is 54.1 Å². The van der Waals surface area contributed by atoms with Crippen LogP contribution in [-0.2, 0) is 4.79 Å². The van der Waals surface area contributed by atoms with Crippen molar-refractivity contribution in [2.45, 2.75) is 0 Å². The van der Waals surface area contributed by atoms with Gasteiger partial charge in [0.25, 0.3) is 0 Å². The second-order valence-electron chi connectivity index (χ2n) is 14.7. The molecule has 8 aromatic rings. The Balaban J connectivity index is 1.35. The first-order valence-electron chi connectivity index (χ1n) is 20.1. The zero-order valence-corrected chi connectivity index (χ0v) is 33.9. The lowest BCUT2D eigenvalue weighted by Crippen LogP contribution is -1.96. The maximum atomic E-state index is 11.6. The lowest BCUT2D eigenvalue weighted by molar-refractivity contribution is -0.132. The molecule has 8 heteroatoms. The van der Waals surface area contributed by atoms with Crippen molar-refractivity contribution >= 4 is 81.9 Å². The van der Waals surface area contributed by atoms with Gasteiger partial charge in [0.15, 0.2) is 0 Å². The summed E-state index contributed by atoms with van der Waals surface area (Å²) in [7, 11) is 0. The standard InChI is InChI=1S/C54H35N5O2S/c55-33-39(54(60)61)31-41-24-23-40(62-41)22-21-38-32-48-51(36-17-9-3-10-18-36)46-28-27-44(57-46)49(34-13-5-1-6-14-34)42-25-26-43(56-42)50(35-15-7-2-8-16-35)45-29-30-47(58-45)52(53(38)59-48)37-19-11-4-12-20-37/h1-32,56,59H,(H,60,61)/b22-21-,39-31+,49-42?,49-44?,50-43?,50-45?,51-46?,51-48?,52-47?,53-52?. The van der Waals surface area contributed by atoms with Gasteiger partial charge in [-0.05, 0) is 89.0 Å². The fraction of sp³-hybridized carbons (Fsp3) is 0. The number of nitrogens with zero attached hydrogens (tertiary/aromatic N) is 3. The zero-order chi connectivity index (χ0) is 42.0. The zero-order valence-electron chi connectivity index (χ0n) is 33.1. The predicted octanol–water partition coefficient (Wildman–Crippen LogP) is 13.5. The van der Waals surface area contributed by atoms with Crippen LogP contribution in [0, 0.1) is 11.3 Å². The van der Waals surface area contributed by atoms with Crippen LogP contribution in [0.15, 0.2) is 157 Å². The average Bonchev–Trinajstić information content (AvgIpc) is 4.18. The summed E-state index contributed by atoms with van der Waals surface area (Å²) >= 11 is 1.41. The van der Waals surface area contributed by atoms with E-state index in [1.165, 1.54) is 17.4 Å². The largest absolute Gasteiger partial charge is 0.477 e. The minimum atomic E-state index is -1.26. The molecule has 0 atom stereocenters. The van der Waals surface area contributed by atoms with E-state index in [2.05, 4.69) is 131 Å². The highest BCUT2D eigenvalue weighted by Crippen LogP contribution is 2.40. The molecule has 6 heterocycles. The normalized spacial score (nSPS) is 12.2. The molecular weight excluding hydrogens is 783 g/mol. The van der Waals surface area contributed by atoms with Gasteiger partial charge < -0.3 is 15.1 Å². The number of hydrogen-bond donors (Lipinski definition) is 3. The molecule has 0 aliphatic carbocycles. The Labute approximate surface area is 361 Å². The van der Waals surface area contributed by atoms with Crippen molar-refractivity contribution in [2.75, 3.05) is 0 Å². The second kappa shape index (κ2) is 16.3. The first kappa shape index (κ1) is 37.9. The van der Waals surface area contributed by atoms with Gasteiger partial charge in [-0.1, -0.05) is 127 Å². The lowest BCUT2D eigenvalue weighted by atomic mass is 10.0. The van der Waals surface area contributed by atoms with Crippen LogP contribution < -0.4 is 0 Å². The van der Waals surface area contributed by atoms with Crippen LogP contribution in [0.5, 0.6) is 0 Å². The van der Waals surface area contributed by atoms with Gasteiger partial charge in [-0.3, -0.25) is 0 Å². The van der Waals surface area contributed by atoms with E-state index in [4.69, 9.17) is 9.97 Å². The van der Waals surface area contributed by atoms with Crippen LogP contribution in [0.3, 0.4) is 0 Å². The number of carboxylic acid groups (broad SMARTS) is 1. The van der Waals surface area contributed by atoms with Gasteiger partial charge >= 0.3 is 5.97 Å². The smallest absolute Gasteiger partial charge is 0.346 e. The molecule has 294 valence electrons. The van der Waals surface area contributed by atoms with Gasteiger partial charge in [0.05, 0.1) is 28.3 Å². The van der Waals surface area contributed by atoms with E-state index in [1.807, 2.05) is 66.7 Å². The van der Waals surface area contributed by atoms with Crippen LogP contribution in [0.4, 0.5) is 0 Å². The van der Waals surface area contributed by atoms with Crippen LogP contribution >= 0.6 is 11.3 Å². The summed E-state index contributed by atoms with van der Waals surface area (Å²) in [5.41, 5.74) is 15.4. The molecule has 10 rings (SSSR count). The average molecular weight is 818 g/mol. The number of aliphatic carboxylic acids is 1. The molecule has 0 saturated carbocycles. The number of rotatable bonds is 8. The van der Waals surface area contributed by atoms with Crippen molar-refractivity contribution in [1.29, 1.82) is 5.26 Å². The van der Waals surface area contributed by atoms with E-state index < -0.39 is 5.97 Å². The Hall–Kier alpha value is -8.38. The molecule has 0 fully saturated rings. The van der Waals surface area contributed by atoms with E-state index >= 15 is 0 Å². The number of H-pyrrole nitrogens is 2. The third kappa shape index (κ3) is 7.30. The molecule has 0 spiro atoms. The molecule has 0 amide bonds. The Morgan fingerprint density at radius 3 is 1.44 bits per heavy atom. The number of hydrogen-bond acceptors (Lipinski definition) is 5. The van der Waals surface area contributed by atoms with Crippen LogP contribution in [-0.4, -0.2) is 31.0 Å². The van der Waals surface area contributed by atoms with Crippen LogP contribution in [0.1, 0.15) is 38.1 Å². The maximum Gasteiger partial charge on any atom is 0.346 e. The third-order valence-electron chi connectivity index (χ3n) is 10.9. The van der Waals surface area contributed by atoms with E-state index in [0.717, 1.165) is 99.8 Å². The summed E-state index contributed by atoms with van der Waals surface area (Å²) in [6.07, 6.45) is 13.9. The molecule has 3 N–H and O–H groups in total. The van der Waals surface area contributed by atoms with Crippen molar-refractivity contribution in [1.82, 2.24) is 19.9 Å². The van der Waals surface area contributed by atoms with Gasteiger partial charge in [-0.25, -0.2) is 14.8 Å². The van der Waals surface area contributed by atoms with Gasteiger partial charge in [-0.15, -0.1) is 11.3 Å². The van der Waals surface area contributed by atoms with Crippen LogP contribution in [0.2, 0.25) is 0 Å². The van der Waals surface area contributed by atoms with E-state index in [9.17, 15) is 15.2 Å². The Morgan fingerprint density at radius 1 is 0.532 bits per heavy atom. The highest BCUT2D eigenvalue weighted by atomic mass is 32.1. The summed E-state index contributed by atoms with van der Waals surface area (Å²) in [5.74, 6) is -1.26. The van der Waals surface area contributed by atoms with Crippen LogP contribution in [0.25, 0.3) is 109 Å². The SMILES string of the molecule is N#C/C(=C\c1ccc(/C=C\c2cc3[nH]c2c(-c2ccccc2)c2nc(c(-c4ccccc4)c4ccc([nH]4)c(-c4ccccc4)c4nc(c3-c3ccccc3)C=C4)C=C2)s1)C(=O)O. The molecule has 2 aliphatic heterocycles.